The molecule has 1 heterocycles. The maximum atomic E-state index is 12.7. The van der Waals surface area contributed by atoms with E-state index in [-0.39, 0.29) is 5.91 Å². The number of hydrogen-bond acceptors (Lipinski definition) is 4. The Morgan fingerprint density at radius 3 is 2.88 bits per heavy atom. The number of terminal acetylenes is 1. The first-order valence-corrected chi connectivity index (χ1v) is 10.1. The second kappa shape index (κ2) is 8.26. The van der Waals surface area contributed by atoms with Crippen molar-refractivity contribution in [2.45, 2.75) is 18.4 Å². The molecule has 1 amide bonds. The largest absolute Gasteiger partial charge is 0.494 e. The summed E-state index contributed by atoms with van der Waals surface area (Å²) < 4.78 is 8.43. The monoisotopic (exact) mass is 382 g/mol. The normalized spacial score (nSPS) is 11.5. The van der Waals surface area contributed by atoms with Gasteiger partial charge in [0.2, 0.25) is 0 Å². The number of hydrogen-bond donors (Lipinski definition) is 0. The van der Waals surface area contributed by atoms with Crippen LogP contribution in [-0.2, 0) is 6.54 Å². The Kier molecular flexibility index (Phi) is 5.82. The van der Waals surface area contributed by atoms with Crippen molar-refractivity contribution >= 4 is 39.2 Å². The lowest BCUT2D eigenvalue weighted by Gasteiger charge is -2.04. The predicted octanol–water partition coefficient (Wildman–Crippen LogP) is 4.20. The molecule has 3 rings (SSSR count). The minimum atomic E-state index is -0.266. The lowest BCUT2D eigenvalue weighted by Crippen LogP contribution is -2.16. The van der Waals surface area contributed by atoms with E-state index in [2.05, 4.69) is 10.9 Å². The highest BCUT2D eigenvalue weighted by Gasteiger charge is 2.12. The summed E-state index contributed by atoms with van der Waals surface area (Å²) in [6.45, 7) is 2.90. The van der Waals surface area contributed by atoms with E-state index in [4.69, 9.17) is 11.2 Å². The highest BCUT2D eigenvalue weighted by Crippen LogP contribution is 2.24. The number of ether oxygens (including phenoxy) is 1. The average Bonchev–Trinajstić information content (AvgIpc) is 2.98. The van der Waals surface area contributed by atoms with Crippen molar-refractivity contribution in [3.63, 3.8) is 0 Å². The highest BCUT2D eigenvalue weighted by molar-refractivity contribution is 7.98. The molecule has 0 spiro atoms. The van der Waals surface area contributed by atoms with Crippen LogP contribution in [0.3, 0.4) is 0 Å². The minimum Gasteiger partial charge on any atom is -0.494 e. The quantitative estimate of drug-likeness (QED) is 0.491. The summed E-state index contributed by atoms with van der Waals surface area (Å²) in [4.78, 5) is 18.6. The fraction of sp³-hybridized carbons (Fsp3) is 0.200. The summed E-state index contributed by atoms with van der Waals surface area (Å²) in [5, 5.41) is 0. The first-order valence-electron chi connectivity index (χ1n) is 8.09. The number of nitrogens with zero attached hydrogens (tertiary/aromatic N) is 2. The van der Waals surface area contributed by atoms with Crippen molar-refractivity contribution in [1.29, 1.82) is 0 Å². The number of benzene rings is 2. The van der Waals surface area contributed by atoms with Gasteiger partial charge in [-0.05, 0) is 43.5 Å². The van der Waals surface area contributed by atoms with Gasteiger partial charge in [-0.1, -0.05) is 29.4 Å². The molecule has 0 aliphatic rings. The molecule has 0 saturated carbocycles. The van der Waals surface area contributed by atoms with Crippen LogP contribution in [0.25, 0.3) is 10.2 Å². The summed E-state index contributed by atoms with van der Waals surface area (Å²) in [6, 6.07) is 13.3. The fourth-order valence-electron chi connectivity index (χ4n) is 2.61. The first-order chi connectivity index (χ1) is 12.7. The standard InChI is InChI=1S/C20H18N2O2S2/c1-4-12-22-16-11-10-14(24-5-2)13-18(16)26-20(22)21-19(23)15-8-6-7-9-17(15)25-3/h1,6-11,13H,5,12H2,2-3H3. The molecule has 0 radical (unpaired) electrons. The molecule has 6 heteroatoms. The molecule has 26 heavy (non-hydrogen) atoms. The van der Waals surface area contributed by atoms with Gasteiger partial charge in [0.25, 0.3) is 5.91 Å². The molecule has 0 unspecified atom stereocenters. The molecule has 0 N–H and O–H groups in total. The lowest BCUT2D eigenvalue weighted by molar-refractivity contribution is 0.0995. The van der Waals surface area contributed by atoms with Gasteiger partial charge in [0.1, 0.15) is 5.75 Å². The molecule has 2 aromatic carbocycles. The molecule has 1 aromatic heterocycles. The van der Waals surface area contributed by atoms with Crippen LogP contribution < -0.4 is 9.54 Å². The van der Waals surface area contributed by atoms with Crippen LogP contribution in [0.1, 0.15) is 17.3 Å². The van der Waals surface area contributed by atoms with Gasteiger partial charge in [-0.2, -0.15) is 4.99 Å². The predicted molar refractivity (Wildman–Crippen MR) is 108 cm³/mol. The van der Waals surface area contributed by atoms with Gasteiger partial charge < -0.3 is 9.30 Å². The zero-order valence-electron chi connectivity index (χ0n) is 14.6. The summed E-state index contributed by atoms with van der Waals surface area (Å²) in [6.07, 6.45) is 7.47. The lowest BCUT2D eigenvalue weighted by atomic mass is 10.2. The minimum absolute atomic E-state index is 0.266. The molecular formula is C20H18N2O2S2. The molecule has 132 valence electrons. The van der Waals surface area contributed by atoms with E-state index in [9.17, 15) is 4.79 Å². The number of thiazole rings is 1. The van der Waals surface area contributed by atoms with Gasteiger partial charge >= 0.3 is 0 Å². The molecule has 0 aliphatic heterocycles. The summed E-state index contributed by atoms with van der Waals surface area (Å²) in [5.74, 6) is 3.17. The Morgan fingerprint density at radius 2 is 2.15 bits per heavy atom. The summed E-state index contributed by atoms with van der Waals surface area (Å²) in [7, 11) is 0. The van der Waals surface area contributed by atoms with Crippen molar-refractivity contribution in [2.75, 3.05) is 12.9 Å². The first kappa shape index (κ1) is 18.3. The smallest absolute Gasteiger partial charge is 0.280 e. The van der Waals surface area contributed by atoms with E-state index in [1.165, 1.54) is 23.1 Å². The Labute approximate surface area is 160 Å². The van der Waals surface area contributed by atoms with E-state index >= 15 is 0 Å². The van der Waals surface area contributed by atoms with Crippen LogP contribution in [0.4, 0.5) is 0 Å². The van der Waals surface area contributed by atoms with Crippen molar-refractivity contribution in [3.8, 4) is 18.1 Å². The Morgan fingerprint density at radius 1 is 1.35 bits per heavy atom. The zero-order valence-corrected chi connectivity index (χ0v) is 16.2. The molecule has 0 aliphatic carbocycles. The van der Waals surface area contributed by atoms with E-state index in [0.717, 1.165) is 20.9 Å². The van der Waals surface area contributed by atoms with Crippen LogP contribution in [0.15, 0.2) is 52.4 Å². The Bertz CT molecular complexity index is 1060. The van der Waals surface area contributed by atoms with Crippen molar-refractivity contribution in [2.24, 2.45) is 4.99 Å². The maximum absolute atomic E-state index is 12.7. The Balaban J connectivity index is 2.13. The second-order valence-corrected chi connectivity index (χ2v) is 7.21. The molecular weight excluding hydrogens is 364 g/mol. The van der Waals surface area contributed by atoms with Gasteiger partial charge in [-0.3, -0.25) is 4.79 Å². The van der Waals surface area contributed by atoms with Gasteiger partial charge in [0.15, 0.2) is 4.80 Å². The molecule has 0 fully saturated rings. The van der Waals surface area contributed by atoms with Gasteiger partial charge in [0.05, 0.1) is 28.9 Å². The number of carbonyl (C=O) groups is 1. The van der Waals surface area contributed by atoms with E-state index in [1.807, 2.05) is 54.1 Å². The molecule has 0 saturated heterocycles. The molecule has 3 aromatic rings. The van der Waals surface area contributed by atoms with Crippen molar-refractivity contribution < 1.29 is 9.53 Å². The molecule has 0 bridgehead atoms. The fourth-order valence-corrected chi connectivity index (χ4v) is 4.25. The maximum Gasteiger partial charge on any atom is 0.280 e. The van der Waals surface area contributed by atoms with Gasteiger partial charge in [-0.15, -0.1) is 18.2 Å². The number of amides is 1. The third-order valence-corrected chi connectivity index (χ3v) is 5.59. The van der Waals surface area contributed by atoms with Crippen LogP contribution in [0.2, 0.25) is 0 Å². The van der Waals surface area contributed by atoms with E-state index in [0.29, 0.717) is 23.5 Å². The van der Waals surface area contributed by atoms with Gasteiger partial charge in [0, 0.05) is 4.90 Å². The van der Waals surface area contributed by atoms with Crippen LogP contribution in [0.5, 0.6) is 5.75 Å². The highest BCUT2D eigenvalue weighted by atomic mass is 32.2. The molecule has 0 atom stereocenters. The third-order valence-electron chi connectivity index (χ3n) is 3.75. The van der Waals surface area contributed by atoms with Crippen molar-refractivity contribution in [1.82, 2.24) is 4.57 Å². The van der Waals surface area contributed by atoms with Crippen LogP contribution in [-0.4, -0.2) is 23.3 Å². The SMILES string of the molecule is C#CCn1c(=NC(=O)c2ccccc2SC)sc2cc(OCC)ccc21. The second-order valence-electron chi connectivity index (χ2n) is 5.35. The van der Waals surface area contributed by atoms with Crippen molar-refractivity contribution in [3.05, 3.63) is 52.8 Å². The average molecular weight is 383 g/mol. The van der Waals surface area contributed by atoms with Crippen LogP contribution >= 0.6 is 23.1 Å². The zero-order chi connectivity index (χ0) is 18.5. The van der Waals surface area contributed by atoms with Gasteiger partial charge in [-0.25, -0.2) is 0 Å². The summed E-state index contributed by atoms with van der Waals surface area (Å²) >= 11 is 2.96. The van der Waals surface area contributed by atoms with E-state index in [1.54, 1.807) is 6.07 Å². The Hall–Kier alpha value is -2.49. The molecule has 4 nitrogen and oxygen atoms in total. The number of rotatable bonds is 5. The third kappa shape index (κ3) is 3.69. The number of thioether (sulfide) groups is 1. The van der Waals surface area contributed by atoms with Crippen LogP contribution in [0, 0.1) is 12.3 Å². The van der Waals surface area contributed by atoms with E-state index < -0.39 is 0 Å². The summed E-state index contributed by atoms with van der Waals surface area (Å²) in [5.41, 5.74) is 1.54. The topological polar surface area (TPSA) is 43.6 Å². The number of fused-ring (bicyclic) bond motifs is 1. The number of carbonyl (C=O) groups excluding carboxylic acids is 1. The number of aromatic nitrogens is 1.